The molecule has 0 amide bonds. The molecule has 1 aromatic carbocycles. The van der Waals surface area contributed by atoms with Crippen molar-refractivity contribution < 1.29 is 4.79 Å². The number of hydrogen-bond acceptors (Lipinski definition) is 1. The Morgan fingerprint density at radius 2 is 1.85 bits per heavy atom. The van der Waals surface area contributed by atoms with Crippen LogP contribution in [0.4, 0.5) is 0 Å². The van der Waals surface area contributed by atoms with E-state index in [2.05, 4.69) is 24.8 Å². The smallest absolute Gasteiger partial charge is 0.185 e. The molecule has 0 aromatic heterocycles. The molecule has 1 aromatic rings. The lowest BCUT2D eigenvalue weighted by Crippen LogP contribution is -1.89. The van der Waals surface area contributed by atoms with E-state index in [4.69, 9.17) is 0 Å². The van der Waals surface area contributed by atoms with Gasteiger partial charge in [-0.3, -0.25) is 4.79 Å². The summed E-state index contributed by atoms with van der Waals surface area (Å²) in [6.45, 7) is 0. The molecule has 0 saturated heterocycles. The van der Waals surface area contributed by atoms with Gasteiger partial charge in [0.25, 0.3) is 0 Å². The number of aryl methyl sites for hydroxylation is 1. The molecule has 0 bridgehead atoms. The van der Waals surface area contributed by atoms with Gasteiger partial charge in [0, 0.05) is 6.42 Å². The molecule has 2 heteroatoms. The molecule has 0 aliphatic rings. The number of thiol groups is 1. The predicted molar refractivity (Wildman–Crippen MR) is 58.0 cm³/mol. The summed E-state index contributed by atoms with van der Waals surface area (Å²) < 4.78 is 0. The third-order valence-electron chi connectivity index (χ3n) is 1.95. The van der Waals surface area contributed by atoms with Gasteiger partial charge in [-0.25, -0.2) is 0 Å². The minimum Gasteiger partial charge on any atom is -0.288 e. The summed E-state index contributed by atoms with van der Waals surface area (Å²) in [4.78, 5) is 10.5. The molecule has 1 nitrogen and oxygen atoms in total. The number of carbonyl (C=O) groups excluding carboxylic acids is 1. The van der Waals surface area contributed by atoms with E-state index in [1.54, 1.807) is 0 Å². The van der Waals surface area contributed by atoms with Crippen LogP contribution in [0.5, 0.6) is 0 Å². The summed E-state index contributed by atoms with van der Waals surface area (Å²) >= 11 is 3.72. The third kappa shape index (κ3) is 4.73. The van der Waals surface area contributed by atoms with Crippen molar-refractivity contribution in [1.82, 2.24) is 0 Å². The first kappa shape index (κ1) is 10.3. The van der Waals surface area contributed by atoms with E-state index in [1.807, 2.05) is 18.2 Å². The van der Waals surface area contributed by atoms with Crippen LogP contribution in [0.25, 0.3) is 0 Å². The molecule has 0 radical (unpaired) electrons. The van der Waals surface area contributed by atoms with Gasteiger partial charge < -0.3 is 0 Å². The van der Waals surface area contributed by atoms with Crippen molar-refractivity contribution in [2.24, 2.45) is 0 Å². The van der Waals surface area contributed by atoms with Crippen molar-refractivity contribution >= 4 is 17.7 Å². The second kappa shape index (κ2) is 5.81. The number of unbranched alkanes of at least 4 members (excludes halogenated alkanes) is 1. The molecular weight excluding hydrogens is 180 g/mol. The minimum absolute atomic E-state index is 0.00642. The Bertz CT molecular complexity index is 256. The highest BCUT2D eigenvalue weighted by Crippen LogP contribution is 2.06. The van der Waals surface area contributed by atoms with Gasteiger partial charge in [0.2, 0.25) is 0 Å². The van der Waals surface area contributed by atoms with Crippen LogP contribution in [0.2, 0.25) is 0 Å². The number of benzene rings is 1. The summed E-state index contributed by atoms with van der Waals surface area (Å²) in [6, 6.07) is 10.3. The fraction of sp³-hybridized carbons (Fsp3) is 0.364. The van der Waals surface area contributed by atoms with Gasteiger partial charge in [-0.1, -0.05) is 30.3 Å². The Hall–Kier alpha value is -0.760. The lowest BCUT2D eigenvalue weighted by Gasteiger charge is -1.99. The molecule has 1 rings (SSSR count). The fourth-order valence-corrected chi connectivity index (χ4v) is 1.41. The van der Waals surface area contributed by atoms with Crippen molar-refractivity contribution in [3.05, 3.63) is 35.9 Å². The molecule has 0 aliphatic heterocycles. The molecule has 0 aliphatic carbocycles. The summed E-state index contributed by atoms with van der Waals surface area (Å²) in [6.07, 6.45) is 3.66. The largest absolute Gasteiger partial charge is 0.288 e. The van der Waals surface area contributed by atoms with Crippen LogP contribution in [0, 0.1) is 0 Å². The highest BCUT2D eigenvalue weighted by atomic mass is 32.1. The monoisotopic (exact) mass is 194 g/mol. The van der Waals surface area contributed by atoms with E-state index in [0.717, 1.165) is 19.3 Å². The standard InChI is InChI=1S/C11H14OS/c12-11(13)9-5-4-8-10-6-2-1-3-7-10/h1-3,6-7H,4-5,8-9H2,(H,12,13). The molecule has 0 atom stereocenters. The van der Waals surface area contributed by atoms with Gasteiger partial charge in [-0.15, -0.1) is 12.6 Å². The van der Waals surface area contributed by atoms with Crippen molar-refractivity contribution in [3.63, 3.8) is 0 Å². The summed E-state index contributed by atoms with van der Waals surface area (Å²) in [5.41, 5.74) is 1.34. The topological polar surface area (TPSA) is 17.1 Å². The van der Waals surface area contributed by atoms with E-state index >= 15 is 0 Å². The zero-order chi connectivity index (χ0) is 9.52. The molecule has 70 valence electrons. The Morgan fingerprint density at radius 3 is 2.46 bits per heavy atom. The number of hydrogen-bond donors (Lipinski definition) is 1. The SMILES string of the molecule is O=C(S)CCCCc1ccccc1. The molecule has 0 saturated carbocycles. The van der Waals surface area contributed by atoms with Crippen molar-refractivity contribution in [2.45, 2.75) is 25.7 Å². The summed E-state index contributed by atoms with van der Waals surface area (Å²) in [7, 11) is 0. The molecule has 0 fully saturated rings. The van der Waals surface area contributed by atoms with Crippen LogP contribution in [0.3, 0.4) is 0 Å². The summed E-state index contributed by atoms with van der Waals surface area (Å²) in [5, 5.41) is -0.00642. The average molecular weight is 194 g/mol. The number of carbonyl (C=O) groups is 1. The molecular formula is C11H14OS. The van der Waals surface area contributed by atoms with Crippen LogP contribution in [0.1, 0.15) is 24.8 Å². The quantitative estimate of drug-likeness (QED) is 0.563. The second-order valence-electron chi connectivity index (χ2n) is 3.09. The van der Waals surface area contributed by atoms with Crippen LogP contribution in [0.15, 0.2) is 30.3 Å². The molecule has 0 heterocycles. The van der Waals surface area contributed by atoms with Crippen molar-refractivity contribution in [1.29, 1.82) is 0 Å². The molecule has 0 unspecified atom stereocenters. The first-order valence-electron chi connectivity index (χ1n) is 4.55. The van der Waals surface area contributed by atoms with Crippen LogP contribution < -0.4 is 0 Å². The van der Waals surface area contributed by atoms with E-state index < -0.39 is 0 Å². The van der Waals surface area contributed by atoms with Gasteiger partial charge >= 0.3 is 0 Å². The lowest BCUT2D eigenvalue weighted by atomic mass is 10.1. The van der Waals surface area contributed by atoms with E-state index in [-0.39, 0.29) is 5.12 Å². The maximum absolute atomic E-state index is 10.5. The van der Waals surface area contributed by atoms with Crippen molar-refractivity contribution in [3.8, 4) is 0 Å². The van der Waals surface area contributed by atoms with Crippen LogP contribution >= 0.6 is 12.6 Å². The maximum Gasteiger partial charge on any atom is 0.185 e. The van der Waals surface area contributed by atoms with Crippen LogP contribution in [-0.2, 0) is 11.2 Å². The van der Waals surface area contributed by atoms with Gasteiger partial charge in [0.1, 0.15) is 0 Å². The Kier molecular flexibility index (Phi) is 4.61. The average Bonchev–Trinajstić information content (AvgIpc) is 2.14. The first-order chi connectivity index (χ1) is 6.29. The molecule has 13 heavy (non-hydrogen) atoms. The zero-order valence-electron chi connectivity index (χ0n) is 7.57. The third-order valence-corrected chi connectivity index (χ3v) is 2.17. The fourth-order valence-electron chi connectivity index (χ4n) is 1.25. The minimum atomic E-state index is -0.00642. The van der Waals surface area contributed by atoms with Gasteiger partial charge in [-0.2, -0.15) is 0 Å². The van der Waals surface area contributed by atoms with E-state index in [9.17, 15) is 4.79 Å². The highest BCUT2D eigenvalue weighted by molar-refractivity contribution is 7.96. The second-order valence-corrected chi connectivity index (χ2v) is 3.59. The lowest BCUT2D eigenvalue weighted by molar-refractivity contribution is -0.110. The maximum atomic E-state index is 10.5. The van der Waals surface area contributed by atoms with Crippen molar-refractivity contribution in [2.75, 3.05) is 0 Å². The number of rotatable bonds is 5. The Morgan fingerprint density at radius 1 is 1.15 bits per heavy atom. The Balaban J connectivity index is 2.17. The molecule has 0 N–H and O–H groups in total. The van der Waals surface area contributed by atoms with E-state index in [0.29, 0.717) is 6.42 Å². The highest BCUT2D eigenvalue weighted by Gasteiger charge is 1.95. The van der Waals surface area contributed by atoms with E-state index in [1.165, 1.54) is 5.56 Å². The van der Waals surface area contributed by atoms with Crippen LogP contribution in [-0.4, -0.2) is 5.12 Å². The zero-order valence-corrected chi connectivity index (χ0v) is 8.47. The summed E-state index contributed by atoms with van der Waals surface area (Å²) in [5.74, 6) is 0. The predicted octanol–water partition coefficient (Wildman–Crippen LogP) is 2.86. The Labute approximate surface area is 84.6 Å². The first-order valence-corrected chi connectivity index (χ1v) is 4.99. The normalized spacial score (nSPS) is 9.92. The van der Waals surface area contributed by atoms with Gasteiger partial charge in [0.05, 0.1) is 0 Å². The van der Waals surface area contributed by atoms with Gasteiger partial charge in [0.15, 0.2) is 5.12 Å². The molecule has 0 spiro atoms. The van der Waals surface area contributed by atoms with Gasteiger partial charge in [-0.05, 0) is 24.8 Å².